The molecule has 1 aliphatic heterocycles. The Morgan fingerprint density at radius 2 is 2.14 bits per heavy atom. The van der Waals surface area contributed by atoms with E-state index in [1.165, 1.54) is 12.3 Å². The van der Waals surface area contributed by atoms with Crippen LogP contribution in [0.3, 0.4) is 0 Å². The average molecular weight is 386 g/mol. The second kappa shape index (κ2) is 8.25. The molecule has 0 saturated heterocycles. The van der Waals surface area contributed by atoms with Gasteiger partial charge in [-0.05, 0) is 25.1 Å². The van der Waals surface area contributed by atoms with Crippen molar-refractivity contribution in [2.45, 2.75) is 13.0 Å². The van der Waals surface area contributed by atoms with Crippen molar-refractivity contribution in [3.63, 3.8) is 0 Å². The number of hydrogen-bond donors (Lipinski definition) is 1. The molecule has 28 heavy (non-hydrogen) atoms. The summed E-state index contributed by atoms with van der Waals surface area (Å²) in [6.07, 6.45) is 0.272. The predicted octanol–water partition coefficient (Wildman–Crippen LogP) is 1.36. The molecule has 10 nitrogen and oxygen atoms in total. The number of rotatable bonds is 6. The fourth-order valence-electron chi connectivity index (χ4n) is 2.47. The van der Waals surface area contributed by atoms with Crippen molar-refractivity contribution >= 4 is 17.8 Å². The van der Waals surface area contributed by atoms with Crippen molar-refractivity contribution < 1.29 is 29.0 Å². The van der Waals surface area contributed by atoms with Crippen LogP contribution in [0.1, 0.15) is 12.5 Å². The Balaban J connectivity index is 1.69. The normalized spacial score (nSPS) is 15.2. The fourth-order valence-corrected chi connectivity index (χ4v) is 2.47. The molecule has 0 aromatic heterocycles. The first kappa shape index (κ1) is 19.0. The monoisotopic (exact) mass is 386 g/mol. The summed E-state index contributed by atoms with van der Waals surface area (Å²) in [7, 11) is 0. The molecular weight excluding hydrogens is 370 g/mol. The number of carbonyl (C=O) groups is 1. The maximum absolute atomic E-state index is 12.2. The number of nitro benzene ring substituents is 1. The molecule has 0 saturated carbocycles. The van der Waals surface area contributed by atoms with Gasteiger partial charge in [0.1, 0.15) is 12.4 Å². The van der Waals surface area contributed by atoms with Gasteiger partial charge in [-0.2, -0.15) is 5.10 Å². The van der Waals surface area contributed by atoms with Crippen molar-refractivity contribution in [2.24, 2.45) is 5.10 Å². The molecule has 0 unspecified atom stereocenters. The summed E-state index contributed by atoms with van der Waals surface area (Å²) in [6, 6.07) is 9.31. The van der Waals surface area contributed by atoms with Crippen LogP contribution >= 0.6 is 0 Å². The second-order valence-electron chi connectivity index (χ2n) is 5.66. The number of ether oxygens (including phenoxy) is 3. The smallest absolute Gasteiger partial charge is 0.284 e. The first-order valence-electron chi connectivity index (χ1n) is 8.33. The van der Waals surface area contributed by atoms with Gasteiger partial charge in [0.15, 0.2) is 11.5 Å². The van der Waals surface area contributed by atoms with Gasteiger partial charge in [0.2, 0.25) is 6.10 Å². The van der Waals surface area contributed by atoms with Crippen molar-refractivity contribution in [3.8, 4) is 23.0 Å². The largest absolute Gasteiger partial charge is 0.865 e. The Labute approximate surface area is 159 Å². The van der Waals surface area contributed by atoms with E-state index >= 15 is 0 Å². The van der Waals surface area contributed by atoms with E-state index in [9.17, 15) is 20.0 Å². The van der Waals surface area contributed by atoms with Gasteiger partial charge in [-0.25, -0.2) is 5.43 Å². The van der Waals surface area contributed by atoms with Crippen molar-refractivity contribution in [2.75, 3.05) is 13.2 Å². The maximum atomic E-state index is 12.2. The minimum atomic E-state index is -0.899. The molecule has 1 N–H and O–H groups in total. The lowest BCUT2D eigenvalue weighted by atomic mass is 10.2. The van der Waals surface area contributed by atoms with E-state index in [0.717, 1.165) is 6.07 Å². The van der Waals surface area contributed by atoms with Gasteiger partial charge in [-0.15, -0.1) is 0 Å². The van der Waals surface area contributed by atoms with E-state index in [0.29, 0.717) is 11.5 Å². The van der Waals surface area contributed by atoms with Crippen LogP contribution in [0.25, 0.3) is 0 Å². The molecule has 3 rings (SSSR count). The minimum Gasteiger partial charge on any atom is -0.865 e. The summed E-state index contributed by atoms with van der Waals surface area (Å²) in [5.41, 5.74) is 1.87. The summed E-state index contributed by atoms with van der Waals surface area (Å²) in [5, 5.41) is 26.7. The highest BCUT2D eigenvalue weighted by molar-refractivity contribution is 5.86. The molecule has 0 spiro atoms. The third kappa shape index (κ3) is 4.11. The molecule has 0 fully saturated rings. The molecule has 1 amide bonds. The Morgan fingerprint density at radius 3 is 2.86 bits per heavy atom. The van der Waals surface area contributed by atoms with Gasteiger partial charge in [0.05, 0.1) is 17.7 Å². The summed E-state index contributed by atoms with van der Waals surface area (Å²) in [5.74, 6) is -0.542. The zero-order valence-corrected chi connectivity index (χ0v) is 14.8. The van der Waals surface area contributed by atoms with E-state index in [2.05, 4.69) is 10.5 Å². The number of benzene rings is 2. The lowest BCUT2D eigenvalue weighted by molar-refractivity contribution is -0.398. The number of hydrazone groups is 1. The van der Waals surface area contributed by atoms with Crippen LogP contribution < -0.4 is 24.7 Å². The van der Waals surface area contributed by atoms with E-state index < -0.39 is 28.4 Å². The molecular formula is C18H16N3O7-. The molecule has 2 aromatic rings. The van der Waals surface area contributed by atoms with Crippen LogP contribution in [0, 0.1) is 10.1 Å². The van der Waals surface area contributed by atoms with E-state index in [-0.39, 0.29) is 24.5 Å². The molecule has 1 atom stereocenters. The van der Waals surface area contributed by atoms with Crippen LogP contribution in [0.2, 0.25) is 0 Å². The van der Waals surface area contributed by atoms with Crippen molar-refractivity contribution in [1.29, 1.82) is 0 Å². The van der Waals surface area contributed by atoms with Gasteiger partial charge in [-0.3, -0.25) is 14.9 Å². The minimum absolute atomic E-state index is 0.0171. The molecule has 1 heterocycles. The van der Waals surface area contributed by atoms with Gasteiger partial charge >= 0.3 is 0 Å². The van der Waals surface area contributed by atoms with Crippen LogP contribution in [0.5, 0.6) is 23.0 Å². The Kier molecular flexibility index (Phi) is 5.58. The van der Waals surface area contributed by atoms with Crippen LogP contribution in [-0.4, -0.2) is 36.4 Å². The molecule has 0 radical (unpaired) electrons. The number of hydrogen-bond acceptors (Lipinski definition) is 8. The Bertz CT molecular complexity index is 929. The van der Waals surface area contributed by atoms with Crippen LogP contribution in [0.15, 0.2) is 41.5 Å². The van der Waals surface area contributed by atoms with Crippen molar-refractivity contribution in [3.05, 3.63) is 52.1 Å². The third-order valence-corrected chi connectivity index (χ3v) is 3.74. The number of nitro groups is 1. The summed E-state index contributed by atoms with van der Waals surface area (Å²) < 4.78 is 16.1. The van der Waals surface area contributed by atoms with Gasteiger partial charge in [-0.1, -0.05) is 12.1 Å². The van der Waals surface area contributed by atoms with E-state index in [4.69, 9.17) is 14.2 Å². The van der Waals surface area contributed by atoms with Gasteiger partial charge in [0.25, 0.3) is 11.6 Å². The van der Waals surface area contributed by atoms with Crippen molar-refractivity contribution in [1.82, 2.24) is 5.43 Å². The Morgan fingerprint density at radius 1 is 1.39 bits per heavy atom. The second-order valence-corrected chi connectivity index (χ2v) is 5.66. The Hall–Kier alpha value is -3.82. The highest BCUT2D eigenvalue weighted by Crippen LogP contribution is 2.34. The number of para-hydroxylation sites is 2. The third-order valence-electron chi connectivity index (χ3n) is 3.74. The van der Waals surface area contributed by atoms with Crippen LogP contribution in [0.4, 0.5) is 5.69 Å². The number of nitrogens with zero attached hydrogens (tertiary/aromatic N) is 2. The first-order chi connectivity index (χ1) is 13.5. The topological polar surface area (TPSA) is 135 Å². The number of carbonyl (C=O) groups excluding carboxylic acids is 1. The first-order valence-corrected chi connectivity index (χ1v) is 8.33. The van der Waals surface area contributed by atoms with E-state index in [1.54, 1.807) is 31.2 Å². The van der Waals surface area contributed by atoms with Gasteiger partial charge < -0.3 is 19.3 Å². The van der Waals surface area contributed by atoms with Crippen LogP contribution in [-0.2, 0) is 4.79 Å². The van der Waals surface area contributed by atoms with E-state index in [1.807, 2.05) is 0 Å². The zero-order valence-electron chi connectivity index (χ0n) is 14.8. The molecule has 1 aliphatic rings. The van der Waals surface area contributed by atoms with Gasteiger partial charge in [0, 0.05) is 17.4 Å². The summed E-state index contributed by atoms with van der Waals surface area (Å²) in [4.78, 5) is 22.4. The molecule has 10 heteroatoms. The number of amides is 1. The SMILES string of the molecule is CCOc1cc(/C=N\NC(=O)[C@@H]2COc3ccccc3O2)cc([N+](=O)[O-])c1[O-]. The average Bonchev–Trinajstić information content (AvgIpc) is 2.69. The lowest BCUT2D eigenvalue weighted by Crippen LogP contribution is -2.42. The maximum Gasteiger partial charge on any atom is 0.284 e. The lowest BCUT2D eigenvalue weighted by Gasteiger charge is -2.24. The standard InChI is InChI=1S/C18H17N3O7/c1-2-26-15-8-11(7-12(17(15)22)21(24)25)9-19-20-18(23)16-10-27-13-5-3-4-6-14(13)28-16/h3-9,16,22H,2,10H2,1H3,(H,20,23)/p-1/b19-9-/t16-/m0/s1. The zero-order chi connectivity index (χ0) is 20.1. The highest BCUT2D eigenvalue weighted by atomic mass is 16.6. The molecule has 0 aliphatic carbocycles. The number of nitrogens with one attached hydrogen (secondary N) is 1. The summed E-state index contributed by atoms with van der Waals surface area (Å²) >= 11 is 0. The predicted molar refractivity (Wildman–Crippen MR) is 95.8 cm³/mol. The molecule has 0 bridgehead atoms. The molecule has 2 aromatic carbocycles. The summed E-state index contributed by atoms with van der Waals surface area (Å²) in [6.45, 7) is 1.84. The quantitative estimate of drug-likeness (QED) is 0.450. The highest BCUT2D eigenvalue weighted by Gasteiger charge is 2.27. The number of fused-ring (bicyclic) bond motifs is 1. The molecule has 146 valence electrons. The fraction of sp³-hybridized carbons (Fsp3) is 0.222.